The molecule has 0 radical (unpaired) electrons. The predicted octanol–water partition coefficient (Wildman–Crippen LogP) is 2.64. The third kappa shape index (κ3) is 7.72. The summed E-state index contributed by atoms with van der Waals surface area (Å²) in [4.78, 5) is 38.6. The second kappa shape index (κ2) is 11.3. The van der Waals surface area contributed by atoms with Gasteiger partial charge in [0.05, 0.1) is 6.42 Å². The van der Waals surface area contributed by atoms with Crippen molar-refractivity contribution < 1.29 is 19.5 Å². The number of carbonyl (C=O) groups is 3. The fourth-order valence-electron chi connectivity index (χ4n) is 3.32. The van der Waals surface area contributed by atoms with Crippen molar-refractivity contribution in [2.75, 3.05) is 25.5 Å². The molecule has 0 heterocycles. The summed E-state index contributed by atoms with van der Waals surface area (Å²) in [5.74, 6) is -1.66. The lowest BCUT2D eigenvalue weighted by atomic mass is 9.84. The number of anilines is 1. The van der Waals surface area contributed by atoms with Gasteiger partial charge in [-0.15, -0.1) is 0 Å². The van der Waals surface area contributed by atoms with E-state index >= 15 is 0 Å². The Hall–Kier alpha value is -3.35. The average molecular weight is 440 g/mol. The molecule has 0 saturated heterocycles. The van der Waals surface area contributed by atoms with Crippen molar-refractivity contribution in [2.24, 2.45) is 5.41 Å². The lowest BCUT2D eigenvalue weighted by Crippen LogP contribution is -2.54. The van der Waals surface area contributed by atoms with Crippen LogP contribution in [0.3, 0.4) is 0 Å². The van der Waals surface area contributed by atoms with E-state index in [2.05, 4.69) is 10.6 Å². The van der Waals surface area contributed by atoms with E-state index in [9.17, 15) is 19.5 Å². The standard InChI is InChI=1S/C25H33N3O4/c1-25(2,17-26-22(30)16-19-10-13-20(14-11-19)28(3)4)23(24(31)32)27-21(29)15-12-18-8-6-5-7-9-18/h5-11,13-14,23H,12,15-17H2,1-4H3,(H,26,30)(H,27,29)(H,31,32). The van der Waals surface area contributed by atoms with Crippen LogP contribution >= 0.6 is 0 Å². The van der Waals surface area contributed by atoms with Gasteiger partial charge in [-0.3, -0.25) is 9.59 Å². The van der Waals surface area contributed by atoms with Gasteiger partial charge in [-0.1, -0.05) is 56.3 Å². The van der Waals surface area contributed by atoms with Gasteiger partial charge in [0, 0.05) is 38.2 Å². The number of benzene rings is 2. The van der Waals surface area contributed by atoms with Crippen LogP contribution in [0.4, 0.5) is 5.69 Å². The van der Waals surface area contributed by atoms with Crippen molar-refractivity contribution in [1.82, 2.24) is 10.6 Å². The summed E-state index contributed by atoms with van der Waals surface area (Å²) in [6, 6.07) is 16.1. The molecule has 172 valence electrons. The van der Waals surface area contributed by atoms with Crippen LogP contribution in [0.25, 0.3) is 0 Å². The molecule has 1 unspecified atom stereocenters. The Morgan fingerprint density at radius 3 is 2.12 bits per heavy atom. The molecule has 2 amide bonds. The fourth-order valence-corrected chi connectivity index (χ4v) is 3.32. The molecule has 3 N–H and O–H groups in total. The monoisotopic (exact) mass is 439 g/mol. The summed E-state index contributed by atoms with van der Waals surface area (Å²) >= 11 is 0. The molecule has 2 aromatic carbocycles. The maximum absolute atomic E-state index is 12.4. The highest BCUT2D eigenvalue weighted by Gasteiger charge is 2.36. The van der Waals surface area contributed by atoms with Gasteiger partial charge in [-0.25, -0.2) is 4.79 Å². The SMILES string of the molecule is CN(C)c1ccc(CC(=O)NCC(C)(C)C(NC(=O)CCc2ccccc2)C(=O)O)cc1. The first kappa shape index (κ1) is 24.9. The minimum atomic E-state index is -1.13. The van der Waals surface area contributed by atoms with E-state index in [1.165, 1.54) is 0 Å². The number of nitrogens with one attached hydrogen (secondary N) is 2. The zero-order chi connectivity index (χ0) is 23.7. The van der Waals surface area contributed by atoms with Crippen LogP contribution in [-0.2, 0) is 27.2 Å². The molecule has 7 heteroatoms. The second-order valence-corrected chi connectivity index (χ2v) is 8.83. The van der Waals surface area contributed by atoms with Crippen molar-refractivity contribution in [3.05, 3.63) is 65.7 Å². The Labute approximate surface area is 189 Å². The van der Waals surface area contributed by atoms with E-state index in [1.807, 2.05) is 73.6 Å². The topological polar surface area (TPSA) is 98.7 Å². The van der Waals surface area contributed by atoms with Crippen molar-refractivity contribution in [1.29, 1.82) is 0 Å². The number of hydrogen-bond acceptors (Lipinski definition) is 4. The molecule has 1 atom stereocenters. The molecule has 0 bridgehead atoms. The largest absolute Gasteiger partial charge is 0.480 e. The van der Waals surface area contributed by atoms with E-state index in [0.717, 1.165) is 16.8 Å². The smallest absolute Gasteiger partial charge is 0.326 e. The number of aryl methyl sites for hydroxylation is 1. The van der Waals surface area contributed by atoms with Crippen LogP contribution in [0.15, 0.2) is 54.6 Å². The molecular formula is C25H33N3O4. The van der Waals surface area contributed by atoms with Crippen LogP contribution in [0.1, 0.15) is 31.4 Å². The molecule has 0 aliphatic carbocycles. The predicted molar refractivity (Wildman–Crippen MR) is 126 cm³/mol. The molecule has 0 aromatic heterocycles. The zero-order valence-corrected chi connectivity index (χ0v) is 19.2. The maximum Gasteiger partial charge on any atom is 0.326 e. The Morgan fingerprint density at radius 1 is 0.938 bits per heavy atom. The van der Waals surface area contributed by atoms with E-state index < -0.39 is 17.4 Å². The average Bonchev–Trinajstić information content (AvgIpc) is 2.75. The molecule has 0 fully saturated rings. The van der Waals surface area contributed by atoms with Crippen molar-refractivity contribution in [2.45, 2.75) is 39.2 Å². The first-order valence-electron chi connectivity index (χ1n) is 10.7. The summed E-state index contributed by atoms with van der Waals surface area (Å²) < 4.78 is 0. The zero-order valence-electron chi connectivity index (χ0n) is 19.2. The van der Waals surface area contributed by atoms with Crippen LogP contribution in [-0.4, -0.2) is 49.6 Å². The molecule has 7 nitrogen and oxygen atoms in total. The second-order valence-electron chi connectivity index (χ2n) is 8.83. The third-order valence-electron chi connectivity index (χ3n) is 5.38. The summed E-state index contributed by atoms with van der Waals surface area (Å²) in [6.45, 7) is 3.56. The van der Waals surface area contributed by atoms with E-state index in [1.54, 1.807) is 13.8 Å². The van der Waals surface area contributed by atoms with Crippen LogP contribution in [0.2, 0.25) is 0 Å². The minimum absolute atomic E-state index is 0.123. The first-order valence-corrected chi connectivity index (χ1v) is 10.7. The molecule has 2 rings (SSSR count). The van der Waals surface area contributed by atoms with Crippen LogP contribution < -0.4 is 15.5 Å². The van der Waals surface area contributed by atoms with Gasteiger partial charge in [0.2, 0.25) is 11.8 Å². The summed E-state index contributed by atoms with van der Waals surface area (Å²) in [6.07, 6.45) is 0.924. The Morgan fingerprint density at radius 2 is 1.56 bits per heavy atom. The molecule has 32 heavy (non-hydrogen) atoms. The molecular weight excluding hydrogens is 406 g/mol. The highest BCUT2D eigenvalue weighted by Crippen LogP contribution is 2.21. The molecule has 0 aliphatic rings. The lowest BCUT2D eigenvalue weighted by Gasteiger charge is -2.32. The van der Waals surface area contributed by atoms with Gasteiger partial charge in [0.1, 0.15) is 6.04 Å². The molecule has 0 aliphatic heterocycles. The number of carboxylic acids is 1. The van der Waals surface area contributed by atoms with Crippen LogP contribution in [0.5, 0.6) is 0 Å². The fraction of sp³-hybridized carbons (Fsp3) is 0.400. The van der Waals surface area contributed by atoms with Crippen LogP contribution in [0, 0.1) is 5.41 Å². The number of carbonyl (C=O) groups excluding carboxylic acids is 2. The quantitative estimate of drug-likeness (QED) is 0.500. The van der Waals surface area contributed by atoms with E-state index in [0.29, 0.717) is 6.42 Å². The van der Waals surface area contributed by atoms with E-state index in [4.69, 9.17) is 0 Å². The van der Waals surface area contributed by atoms with Gasteiger partial charge in [0.15, 0.2) is 0 Å². The first-order chi connectivity index (χ1) is 15.1. The number of nitrogens with zero attached hydrogens (tertiary/aromatic N) is 1. The number of amides is 2. The normalized spacial score (nSPS) is 12.0. The van der Waals surface area contributed by atoms with E-state index in [-0.39, 0.29) is 31.2 Å². The van der Waals surface area contributed by atoms with Gasteiger partial charge in [0.25, 0.3) is 0 Å². The Balaban J connectivity index is 1.89. The van der Waals surface area contributed by atoms with Gasteiger partial charge in [-0.2, -0.15) is 0 Å². The van der Waals surface area contributed by atoms with Gasteiger partial charge in [-0.05, 0) is 29.7 Å². The van der Waals surface area contributed by atoms with Crippen molar-refractivity contribution >= 4 is 23.5 Å². The van der Waals surface area contributed by atoms with Crippen molar-refractivity contribution in [3.8, 4) is 0 Å². The molecule has 2 aromatic rings. The van der Waals surface area contributed by atoms with Gasteiger partial charge >= 0.3 is 5.97 Å². The lowest BCUT2D eigenvalue weighted by molar-refractivity contribution is -0.145. The highest BCUT2D eigenvalue weighted by atomic mass is 16.4. The third-order valence-corrected chi connectivity index (χ3v) is 5.38. The number of rotatable bonds is 11. The summed E-state index contributed by atoms with van der Waals surface area (Å²) in [5.41, 5.74) is 2.05. The Bertz CT molecular complexity index is 909. The minimum Gasteiger partial charge on any atom is -0.480 e. The number of carboxylic acid groups (broad SMARTS) is 1. The molecule has 0 saturated carbocycles. The maximum atomic E-state index is 12.4. The molecule has 0 spiro atoms. The highest BCUT2D eigenvalue weighted by molar-refractivity contribution is 5.84. The number of hydrogen-bond donors (Lipinski definition) is 3. The van der Waals surface area contributed by atoms with Gasteiger partial charge < -0.3 is 20.6 Å². The summed E-state index contributed by atoms with van der Waals surface area (Å²) in [7, 11) is 3.90. The number of aliphatic carboxylic acids is 1. The Kier molecular flexibility index (Phi) is 8.81. The van der Waals surface area contributed by atoms with Crippen molar-refractivity contribution in [3.63, 3.8) is 0 Å². The summed E-state index contributed by atoms with van der Waals surface area (Å²) in [5, 5.41) is 15.1.